The van der Waals surface area contributed by atoms with Gasteiger partial charge in [-0.1, -0.05) is 35.0 Å². The summed E-state index contributed by atoms with van der Waals surface area (Å²) < 4.78 is 34.2. The molecule has 1 fully saturated rings. The Hall–Kier alpha value is -2.03. The van der Waals surface area contributed by atoms with Gasteiger partial charge in [0, 0.05) is 6.54 Å². The van der Waals surface area contributed by atoms with Gasteiger partial charge in [-0.3, -0.25) is 9.13 Å². The lowest BCUT2D eigenvalue weighted by Crippen LogP contribution is -2.33. The predicted molar refractivity (Wildman–Crippen MR) is 125 cm³/mol. The summed E-state index contributed by atoms with van der Waals surface area (Å²) in [6.07, 6.45) is -5.85. The first kappa shape index (κ1) is 27.0. The maximum atomic E-state index is 11.9. The van der Waals surface area contributed by atoms with E-state index in [9.17, 15) is 24.2 Å². The Morgan fingerprint density at radius 3 is 2.64 bits per heavy atom. The monoisotopic (exact) mass is 564 g/mol. The van der Waals surface area contributed by atoms with Crippen molar-refractivity contribution in [1.29, 1.82) is 0 Å². The molecular weight excluding hydrogens is 542 g/mol. The van der Waals surface area contributed by atoms with E-state index < -0.39 is 52.2 Å². The van der Waals surface area contributed by atoms with Crippen molar-refractivity contribution in [3.63, 3.8) is 0 Å². The number of ether oxygens (including phenoxy) is 1. The second-order valence-electron chi connectivity index (χ2n) is 8.18. The van der Waals surface area contributed by atoms with Crippen LogP contribution in [0.1, 0.15) is 17.4 Å². The summed E-state index contributed by atoms with van der Waals surface area (Å²) in [6.45, 7) is 1.62. The molecule has 6 N–H and O–H groups in total. The Morgan fingerprint density at radius 2 is 1.94 bits per heavy atom. The molecule has 0 spiro atoms. The summed E-state index contributed by atoms with van der Waals surface area (Å²) in [7, 11) is -9.54. The third kappa shape index (κ3) is 6.26. The van der Waals surface area contributed by atoms with Crippen LogP contribution < -0.4 is 5.32 Å². The molecule has 0 aliphatic carbocycles. The Kier molecular flexibility index (Phi) is 7.79. The first-order valence-corrected chi connectivity index (χ1v) is 14.4. The number of aliphatic hydroxyl groups excluding tert-OH is 2. The van der Waals surface area contributed by atoms with Gasteiger partial charge in [0.25, 0.3) is 0 Å². The van der Waals surface area contributed by atoms with Crippen LogP contribution >= 0.6 is 26.8 Å². The zero-order chi connectivity index (χ0) is 26.3. The number of hydrogen-bond acceptors (Lipinski definition) is 11. The lowest BCUT2D eigenvalue weighted by atomic mass is 10.1. The fourth-order valence-electron chi connectivity index (χ4n) is 3.64. The third-order valence-corrected chi connectivity index (χ3v) is 8.85. The van der Waals surface area contributed by atoms with Crippen LogP contribution in [0.2, 0.25) is 5.28 Å². The molecule has 0 saturated carbocycles. The minimum Gasteiger partial charge on any atom is -0.387 e. The van der Waals surface area contributed by atoms with E-state index in [4.69, 9.17) is 30.6 Å². The number of nitrogens with zero attached hydrogens (tertiary/aromatic N) is 5. The number of rotatable bonds is 9. The van der Waals surface area contributed by atoms with E-state index in [2.05, 4.69) is 25.6 Å². The lowest BCUT2D eigenvalue weighted by Gasteiger charge is -2.18. The van der Waals surface area contributed by atoms with Crippen molar-refractivity contribution in [3.05, 3.63) is 40.7 Å². The third-order valence-electron chi connectivity index (χ3n) is 5.22. The first-order valence-electron chi connectivity index (χ1n) is 10.4. The normalized spacial score (nSPS) is 24.2. The molecule has 1 saturated heterocycles. The maximum absolute atomic E-state index is 11.9. The molecule has 2 aromatic heterocycles. The highest BCUT2D eigenvalue weighted by Gasteiger charge is 2.46. The number of aliphatic hydroxyl groups is 2. The van der Waals surface area contributed by atoms with Crippen LogP contribution in [0.15, 0.2) is 24.3 Å². The van der Waals surface area contributed by atoms with Crippen LogP contribution in [0.3, 0.4) is 0 Å². The van der Waals surface area contributed by atoms with Gasteiger partial charge in [-0.15, -0.1) is 5.10 Å². The highest BCUT2D eigenvalue weighted by atomic mass is 35.5. The Morgan fingerprint density at radius 1 is 1.19 bits per heavy atom. The fourth-order valence-corrected chi connectivity index (χ4v) is 6.37. The van der Waals surface area contributed by atoms with Crippen LogP contribution in [-0.2, 0) is 24.9 Å². The van der Waals surface area contributed by atoms with Crippen molar-refractivity contribution in [1.82, 2.24) is 25.0 Å². The lowest BCUT2D eigenvalue weighted by molar-refractivity contribution is -0.0549. The van der Waals surface area contributed by atoms with E-state index in [-0.39, 0.29) is 22.3 Å². The van der Waals surface area contributed by atoms with E-state index in [1.807, 2.05) is 31.2 Å². The number of halogens is 1. The zero-order valence-corrected chi connectivity index (χ0v) is 21.2. The fraction of sp³-hybridized carbons (Fsp3) is 0.444. The minimum absolute atomic E-state index is 0.0777. The van der Waals surface area contributed by atoms with E-state index in [0.29, 0.717) is 6.54 Å². The van der Waals surface area contributed by atoms with Gasteiger partial charge in [0.15, 0.2) is 29.1 Å². The van der Waals surface area contributed by atoms with Crippen molar-refractivity contribution in [2.24, 2.45) is 0 Å². The largest absolute Gasteiger partial charge is 0.387 e. The smallest absolute Gasteiger partial charge is 0.340 e. The number of anilines is 1. The summed E-state index contributed by atoms with van der Waals surface area (Å²) in [5.74, 6) is -1.14. The van der Waals surface area contributed by atoms with Crippen LogP contribution in [-0.4, -0.2) is 80.7 Å². The molecule has 3 aromatic rings. The van der Waals surface area contributed by atoms with Crippen molar-refractivity contribution in [2.45, 2.75) is 38.0 Å². The molecule has 5 atom stereocenters. The molecule has 15 nitrogen and oxygen atoms in total. The van der Waals surface area contributed by atoms with Gasteiger partial charge in [-0.2, -0.15) is 14.6 Å². The molecule has 1 aliphatic rings. The highest BCUT2D eigenvalue weighted by molar-refractivity contribution is 7.70. The van der Waals surface area contributed by atoms with Gasteiger partial charge in [-0.25, -0.2) is 0 Å². The second-order valence-corrected chi connectivity index (χ2v) is 12.5. The van der Waals surface area contributed by atoms with Gasteiger partial charge in [0.2, 0.25) is 5.28 Å². The highest BCUT2D eigenvalue weighted by Crippen LogP contribution is 2.55. The molecule has 4 rings (SSSR count). The topological polar surface area (TPSA) is 222 Å². The summed E-state index contributed by atoms with van der Waals surface area (Å²) in [6, 6.07) is 7.79. The SMILES string of the molecule is Cc1cccc(CNc2nc(Cl)nc3c2nnn3[C@@H]2O[C@H](COP(=O)(O)CP(=O)(O)O)[C@@H](O)[C@H]2O)c1. The molecule has 1 unspecified atom stereocenters. The molecule has 1 aliphatic heterocycles. The summed E-state index contributed by atoms with van der Waals surface area (Å²) in [4.78, 5) is 35.7. The Balaban J connectivity index is 1.52. The van der Waals surface area contributed by atoms with Crippen molar-refractivity contribution < 1.29 is 43.3 Å². The molecule has 0 radical (unpaired) electrons. The Bertz CT molecular complexity index is 1350. The quantitative estimate of drug-likeness (QED) is 0.156. The maximum Gasteiger partial charge on any atom is 0.340 e. The molecule has 36 heavy (non-hydrogen) atoms. The molecule has 18 heteroatoms. The number of aryl methyl sites for hydroxylation is 1. The molecule has 196 valence electrons. The zero-order valence-electron chi connectivity index (χ0n) is 18.6. The minimum atomic E-state index is -4.84. The van der Waals surface area contributed by atoms with Gasteiger partial charge in [0.05, 0.1) is 6.61 Å². The average Bonchev–Trinajstić information content (AvgIpc) is 3.30. The van der Waals surface area contributed by atoms with Crippen LogP contribution in [0, 0.1) is 6.92 Å². The average molecular weight is 565 g/mol. The predicted octanol–water partition coefficient (Wildman–Crippen LogP) is 0.752. The van der Waals surface area contributed by atoms with Gasteiger partial charge in [-0.05, 0) is 24.1 Å². The van der Waals surface area contributed by atoms with Crippen LogP contribution in [0.4, 0.5) is 5.82 Å². The number of nitrogens with one attached hydrogen (secondary N) is 1. The van der Waals surface area contributed by atoms with Crippen molar-refractivity contribution >= 4 is 43.8 Å². The summed E-state index contributed by atoms with van der Waals surface area (Å²) in [5, 5.41) is 31.8. The second kappa shape index (κ2) is 10.4. The van der Waals surface area contributed by atoms with Gasteiger partial charge < -0.3 is 39.5 Å². The summed E-state index contributed by atoms with van der Waals surface area (Å²) >= 11 is 6.09. The molecular formula is C18H23ClN6O9P2. The molecule has 0 bridgehead atoms. The van der Waals surface area contributed by atoms with Crippen LogP contribution in [0.5, 0.6) is 0 Å². The Labute approximate surface area is 208 Å². The van der Waals surface area contributed by atoms with Crippen molar-refractivity contribution in [2.75, 3.05) is 17.8 Å². The van der Waals surface area contributed by atoms with Crippen LogP contribution in [0.25, 0.3) is 11.2 Å². The number of aromatic nitrogens is 5. The van der Waals surface area contributed by atoms with Gasteiger partial charge in [0.1, 0.15) is 18.3 Å². The van der Waals surface area contributed by atoms with E-state index in [1.54, 1.807) is 0 Å². The van der Waals surface area contributed by atoms with Gasteiger partial charge >= 0.3 is 15.2 Å². The van der Waals surface area contributed by atoms with Crippen molar-refractivity contribution in [3.8, 4) is 0 Å². The molecule has 3 heterocycles. The number of hydrogen-bond donors (Lipinski definition) is 6. The summed E-state index contributed by atoms with van der Waals surface area (Å²) in [5.41, 5.74) is 2.34. The van der Waals surface area contributed by atoms with E-state index in [1.165, 1.54) is 0 Å². The number of benzene rings is 1. The number of fused-ring (bicyclic) bond motifs is 1. The van der Waals surface area contributed by atoms with E-state index in [0.717, 1.165) is 15.8 Å². The standard InChI is InChI=1S/C18H23ClN6O9P2/c1-9-3-2-4-10(5-9)6-20-15-12-16(22-18(19)21-15)25(24-23-12)17-14(27)13(26)11(34-17)7-33-36(31,32)8-35(28,29)30/h2-5,11,13-14,17,26-27H,6-8H2,1H3,(H,31,32)(H,20,21,22)(H2,28,29,30)/t11-,13-,14-,17-/m1/s1. The molecule has 0 amide bonds. The van der Waals surface area contributed by atoms with E-state index >= 15 is 0 Å². The molecule has 1 aromatic carbocycles. The first-order chi connectivity index (χ1) is 16.8.